The quantitative estimate of drug-likeness (QED) is 0.506. The molecule has 0 heterocycles. The van der Waals surface area contributed by atoms with Crippen LogP contribution in [0.3, 0.4) is 0 Å². The van der Waals surface area contributed by atoms with Crippen molar-refractivity contribution in [3.63, 3.8) is 0 Å². The Morgan fingerprint density at radius 2 is 1.62 bits per heavy atom. The maximum Gasteiger partial charge on any atom is 0.306 e. The molecule has 6 nitrogen and oxygen atoms in total. The van der Waals surface area contributed by atoms with Crippen molar-refractivity contribution in [2.24, 2.45) is 0 Å². The molecule has 0 saturated heterocycles. The van der Waals surface area contributed by atoms with Gasteiger partial charge in [0.2, 0.25) is 5.91 Å². The molecule has 154 valence electrons. The van der Waals surface area contributed by atoms with Crippen molar-refractivity contribution in [2.75, 3.05) is 17.2 Å². The normalized spacial score (nSPS) is 10.4. The number of rotatable bonds is 7. The second kappa shape index (κ2) is 10.6. The second-order valence-corrected chi connectivity index (χ2v) is 7.94. The number of hydrogen-bond acceptors (Lipinski definition) is 4. The Balaban J connectivity index is 1.75. The minimum atomic E-state index is -0.652. The Morgan fingerprint density at radius 3 is 2.24 bits per heavy atom. The largest absolute Gasteiger partial charge is 0.456 e. The standard InChI is InChI=1S/C20H19BrCl2N2O4/c1-11-7-14(8-12(2)20(11)21)24-18(27)10-29-19(28)6-5-17(26)25-16-4-3-13(22)9-15(16)23/h3-4,7-9H,5-6,10H2,1-2H3,(H,24,27)(H,25,26). The van der Waals surface area contributed by atoms with Crippen LogP contribution in [-0.4, -0.2) is 24.4 Å². The number of hydrogen-bond donors (Lipinski definition) is 2. The van der Waals surface area contributed by atoms with Crippen LogP contribution < -0.4 is 10.6 Å². The van der Waals surface area contributed by atoms with Crippen LogP contribution in [0.5, 0.6) is 0 Å². The van der Waals surface area contributed by atoms with E-state index in [9.17, 15) is 14.4 Å². The van der Waals surface area contributed by atoms with Crippen molar-refractivity contribution in [3.05, 3.63) is 56.0 Å². The summed E-state index contributed by atoms with van der Waals surface area (Å²) in [5.74, 6) is -1.52. The van der Waals surface area contributed by atoms with E-state index in [1.807, 2.05) is 26.0 Å². The number of esters is 1. The van der Waals surface area contributed by atoms with E-state index < -0.39 is 24.4 Å². The molecule has 0 spiro atoms. The number of amides is 2. The van der Waals surface area contributed by atoms with Crippen LogP contribution in [0.15, 0.2) is 34.8 Å². The van der Waals surface area contributed by atoms with Crippen LogP contribution in [-0.2, 0) is 19.1 Å². The summed E-state index contributed by atoms with van der Waals surface area (Å²) < 4.78 is 5.89. The molecule has 0 radical (unpaired) electrons. The van der Waals surface area contributed by atoms with Gasteiger partial charge in [0, 0.05) is 21.6 Å². The molecule has 2 amide bonds. The van der Waals surface area contributed by atoms with Gasteiger partial charge in [-0.05, 0) is 55.3 Å². The first-order chi connectivity index (χ1) is 13.7. The number of ether oxygens (including phenoxy) is 1. The molecular weight excluding hydrogens is 483 g/mol. The molecule has 0 aromatic heterocycles. The van der Waals surface area contributed by atoms with Gasteiger partial charge in [0.1, 0.15) is 0 Å². The zero-order valence-electron chi connectivity index (χ0n) is 15.8. The van der Waals surface area contributed by atoms with Crippen molar-refractivity contribution in [1.82, 2.24) is 0 Å². The number of halogens is 3. The maximum absolute atomic E-state index is 12.0. The third-order valence-corrected chi connectivity index (χ3v) is 5.64. The van der Waals surface area contributed by atoms with E-state index in [0.717, 1.165) is 15.6 Å². The van der Waals surface area contributed by atoms with Crippen molar-refractivity contribution < 1.29 is 19.1 Å². The van der Waals surface area contributed by atoms with Gasteiger partial charge in [-0.25, -0.2) is 0 Å². The van der Waals surface area contributed by atoms with E-state index in [1.165, 1.54) is 6.07 Å². The zero-order chi connectivity index (χ0) is 21.6. The van der Waals surface area contributed by atoms with Crippen LogP contribution in [0, 0.1) is 13.8 Å². The lowest BCUT2D eigenvalue weighted by Gasteiger charge is -2.10. The van der Waals surface area contributed by atoms with Crippen LogP contribution in [0.1, 0.15) is 24.0 Å². The summed E-state index contributed by atoms with van der Waals surface area (Å²) in [6, 6.07) is 8.27. The van der Waals surface area contributed by atoms with E-state index in [4.69, 9.17) is 27.9 Å². The van der Waals surface area contributed by atoms with Crippen LogP contribution >= 0.6 is 39.1 Å². The van der Waals surface area contributed by atoms with E-state index >= 15 is 0 Å². The Morgan fingerprint density at radius 1 is 0.966 bits per heavy atom. The highest BCUT2D eigenvalue weighted by molar-refractivity contribution is 9.10. The number of carbonyl (C=O) groups excluding carboxylic acids is 3. The van der Waals surface area contributed by atoms with Gasteiger partial charge in [-0.1, -0.05) is 39.1 Å². The molecule has 0 aliphatic carbocycles. The summed E-state index contributed by atoms with van der Waals surface area (Å²) in [5, 5.41) is 6.00. The molecule has 2 aromatic rings. The van der Waals surface area contributed by atoms with E-state index in [-0.39, 0.29) is 12.8 Å². The first-order valence-electron chi connectivity index (χ1n) is 8.63. The zero-order valence-corrected chi connectivity index (χ0v) is 18.9. The smallest absolute Gasteiger partial charge is 0.306 e. The predicted octanol–water partition coefficient (Wildman–Crippen LogP) is 5.27. The summed E-state index contributed by atoms with van der Waals surface area (Å²) >= 11 is 15.2. The van der Waals surface area contributed by atoms with Gasteiger partial charge < -0.3 is 15.4 Å². The van der Waals surface area contributed by atoms with Gasteiger partial charge >= 0.3 is 5.97 Å². The second-order valence-electron chi connectivity index (χ2n) is 6.31. The predicted molar refractivity (Wildman–Crippen MR) is 118 cm³/mol. The average Bonchev–Trinajstić information content (AvgIpc) is 2.65. The first kappa shape index (κ1) is 23.2. The molecule has 29 heavy (non-hydrogen) atoms. The molecule has 0 bridgehead atoms. The number of aryl methyl sites for hydroxylation is 2. The lowest BCUT2D eigenvalue weighted by Crippen LogP contribution is -2.22. The molecule has 9 heteroatoms. The molecule has 0 aliphatic rings. The molecule has 0 unspecified atom stereocenters. The molecule has 0 saturated carbocycles. The lowest BCUT2D eigenvalue weighted by molar-refractivity contribution is -0.147. The SMILES string of the molecule is Cc1cc(NC(=O)COC(=O)CCC(=O)Nc2ccc(Cl)cc2Cl)cc(C)c1Br. The summed E-state index contributed by atoms with van der Waals surface area (Å²) in [6.07, 6.45) is -0.272. The molecular formula is C20H19BrCl2N2O4. The molecule has 2 rings (SSSR count). The van der Waals surface area contributed by atoms with Gasteiger partial charge in [-0.2, -0.15) is 0 Å². The molecule has 0 fully saturated rings. The van der Waals surface area contributed by atoms with Crippen molar-refractivity contribution in [2.45, 2.75) is 26.7 Å². The fourth-order valence-corrected chi connectivity index (χ4v) is 3.14. The highest BCUT2D eigenvalue weighted by Gasteiger charge is 2.13. The number of nitrogens with one attached hydrogen (secondary N) is 2. The summed E-state index contributed by atoms with van der Waals surface area (Å²) in [7, 11) is 0. The molecule has 0 aliphatic heterocycles. The van der Waals surface area contributed by atoms with Crippen molar-refractivity contribution in [3.8, 4) is 0 Å². The van der Waals surface area contributed by atoms with Gasteiger partial charge in [0.15, 0.2) is 6.61 Å². The van der Waals surface area contributed by atoms with Gasteiger partial charge in [-0.15, -0.1) is 0 Å². The average molecular weight is 502 g/mol. The number of benzene rings is 2. The molecule has 2 aromatic carbocycles. The highest BCUT2D eigenvalue weighted by atomic mass is 79.9. The third-order valence-electron chi connectivity index (χ3n) is 3.85. The minimum Gasteiger partial charge on any atom is -0.456 e. The van der Waals surface area contributed by atoms with Crippen molar-refractivity contribution in [1.29, 1.82) is 0 Å². The molecule has 2 N–H and O–H groups in total. The third kappa shape index (κ3) is 7.34. The van der Waals surface area contributed by atoms with E-state index in [2.05, 4.69) is 26.6 Å². The fourth-order valence-electron chi connectivity index (χ4n) is 2.45. The van der Waals surface area contributed by atoms with Crippen LogP contribution in [0.2, 0.25) is 10.0 Å². The van der Waals surface area contributed by atoms with Gasteiger partial charge in [0.25, 0.3) is 5.91 Å². The van der Waals surface area contributed by atoms with Gasteiger partial charge in [0.05, 0.1) is 17.1 Å². The summed E-state index contributed by atoms with van der Waals surface area (Å²) in [6.45, 7) is 3.39. The Hall–Kier alpha value is -2.09. The Kier molecular flexibility index (Phi) is 8.49. The number of carbonyl (C=O) groups is 3. The minimum absolute atomic E-state index is 0.107. The van der Waals surface area contributed by atoms with E-state index in [1.54, 1.807) is 12.1 Å². The van der Waals surface area contributed by atoms with Crippen LogP contribution in [0.25, 0.3) is 0 Å². The fraction of sp³-hybridized carbons (Fsp3) is 0.250. The highest BCUT2D eigenvalue weighted by Crippen LogP contribution is 2.26. The molecule has 0 atom stereocenters. The summed E-state index contributed by atoms with van der Waals surface area (Å²) in [4.78, 5) is 35.7. The van der Waals surface area contributed by atoms with Gasteiger partial charge in [-0.3, -0.25) is 14.4 Å². The van der Waals surface area contributed by atoms with E-state index in [0.29, 0.717) is 21.4 Å². The number of anilines is 2. The van der Waals surface area contributed by atoms with Crippen LogP contribution in [0.4, 0.5) is 11.4 Å². The monoisotopic (exact) mass is 500 g/mol. The topological polar surface area (TPSA) is 84.5 Å². The Labute approximate surface area is 187 Å². The maximum atomic E-state index is 12.0. The lowest BCUT2D eigenvalue weighted by atomic mass is 10.1. The summed E-state index contributed by atoms with van der Waals surface area (Å²) in [5.41, 5.74) is 2.96. The Bertz CT molecular complexity index is 927. The van der Waals surface area contributed by atoms with Crippen molar-refractivity contribution >= 4 is 68.3 Å². The first-order valence-corrected chi connectivity index (χ1v) is 10.2.